The lowest BCUT2D eigenvalue weighted by Gasteiger charge is -2.30. The molecule has 0 radical (unpaired) electrons. The molecule has 118 valence electrons. The molecule has 0 bridgehead atoms. The summed E-state index contributed by atoms with van der Waals surface area (Å²) in [5.74, 6) is 0.813. The summed E-state index contributed by atoms with van der Waals surface area (Å²) in [7, 11) is 0. The van der Waals surface area contributed by atoms with Crippen LogP contribution in [0, 0.1) is 0 Å². The Morgan fingerprint density at radius 1 is 1.33 bits per heavy atom. The molecule has 1 aromatic rings. The van der Waals surface area contributed by atoms with E-state index in [1.54, 1.807) is 11.3 Å². The van der Waals surface area contributed by atoms with Gasteiger partial charge in [-0.15, -0.1) is 11.3 Å². The molecule has 0 spiro atoms. The monoisotopic (exact) mass is 309 g/mol. The summed E-state index contributed by atoms with van der Waals surface area (Å²) in [5.41, 5.74) is -0.589. The molecule has 1 aliphatic carbocycles. The minimum Gasteiger partial charge on any atom is -0.388 e. The number of guanidine groups is 1. The lowest BCUT2D eigenvalue weighted by atomic mass is 9.85. The van der Waals surface area contributed by atoms with Crippen molar-refractivity contribution < 1.29 is 5.11 Å². The number of aliphatic imine (C=N–C) groups is 1. The number of hydrogen-bond acceptors (Lipinski definition) is 3. The molecular weight excluding hydrogens is 282 g/mol. The van der Waals surface area contributed by atoms with Crippen molar-refractivity contribution in [2.24, 2.45) is 4.99 Å². The standard InChI is InChI=1S/C16H27N3OS/c1-2-17-15(18-11-8-14-7-6-12-21-14)19-13-16(20)9-4-3-5-10-16/h6-7,12,20H,2-5,8-11,13H2,1H3,(H2,17,18,19). The van der Waals surface area contributed by atoms with E-state index in [2.05, 4.69) is 40.1 Å². The Hall–Kier alpha value is -1.07. The lowest BCUT2D eigenvalue weighted by Crippen LogP contribution is -2.41. The normalized spacial score (nSPS) is 18.5. The Labute approximate surface area is 131 Å². The van der Waals surface area contributed by atoms with Crippen LogP contribution in [0.3, 0.4) is 0 Å². The molecule has 0 aliphatic heterocycles. The molecule has 4 nitrogen and oxygen atoms in total. The van der Waals surface area contributed by atoms with E-state index in [-0.39, 0.29) is 0 Å². The first kappa shape index (κ1) is 16.3. The van der Waals surface area contributed by atoms with E-state index < -0.39 is 5.60 Å². The third-order valence-corrected chi connectivity index (χ3v) is 4.84. The summed E-state index contributed by atoms with van der Waals surface area (Å²) in [5, 5.41) is 19.2. The molecule has 21 heavy (non-hydrogen) atoms. The van der Waals surface area contributed by atoms with Crippen LogP contribution >= 0.6 is 11.3 Å². The van der Waals surface area contributed by atoms with Crippen LogP contribution in [-0.2, 0) is 6.42 Å². The minimum atomic E-state index is -0.589. The van der Waals surface area contributed by atoms with Gasteiger partial charge in [-0.3, -0.25) is 4.99 Å². The van der Waals surface area contributed by atoms with Crippen LogP contribution in [0.4, 0.5) is 0 Å². The van der Waals surface area contributed by atoms with Crippen LogP contribution in [0.25, 0.3) is 0 Å². The van der Waals surface area contributed by atoms with Crippen molar-refractivity contribution in [3.05, 3.63) is 22.4 Å². The second-order valence-electron chi connectivity index (χ2n) is 5.74. The maximum Gasteiger partial charge on any atom is 0.191 e. The van der Waals surface area contributed by atoms with Crippen molar-refractivity contribution in [1.29, 1.82) is 0 Å². The second-order valence-corrected chi connectivity index (χ2v) is 6.77. The van der Waals surface area contributed by atoms with Crippen molar-refractivity contribution in [2.45, 2.75) is 51.0 Å². The lowest BCUT2D eigenvalue weighted by molar-refractivity contribution is 0.0131. The van der Waals surface area contributed by atoms with Crippen molar-refractivity contribution in [2.75, 3.05) is 19.6 Å². The Bertz CT molecular complexity index is 425. The highest BCUT2D eigenvalue weighted by Crippen LogP contribution is 2.28. The summed E-state index contributed by atoms with van der Waals surface area (Å²) in [6, 6.07) is 4.24. The smallest absolute Gasteiger partial charge is 0.191 e. The van der Waals surface area contributed by atoms with Gasteiger partial charge in [0.1, 0.15) is 0 Å². The molecule has 2 rings (SSSR count). The molecule has 0 aromatic carbocycles. The SMILES string of the molecule is CCNC(=NCC1(O)CCCCC1)NCCc1cccs1. The number of aliphatic hydroxyl groups is 1. The van der Waals surface area contributed by atoms with E-state index in [0.717, 1.165) is 51.2 Å². The number of nitrogens with one attached hydrogen (secondary N) is 2. The molecular formula is C16H27N3OS. The minimum absolute atomic E-state index is 0.501. The molecule has 1 fully saturated rings. The highest BCUT2D eigenvalue weighted by molar-refractivity contribution is 7.09. The van der Waals surface area contributed by atoms with Gasteiger partial charge in [-0.25, -0.2) is 0 Å². The fourth-order valence-corrected chi connectivity index (χ4v) is 3.40. The first-order valence-electron chi connectivity index (χ1n) is 7.99. The van der Waals surface area contributed by atoms with Gasteiger partial charge in [0.2, 0.25) is 0 Å². The van der Waals surface area contributed by atoms with Gasteiger partial charge in [0.15, 0.2) is 5.96 Å². The van der Waals surface area contributed by atoms with Crippen LogP contribution in [-0.4, -0.2) is 36.3 Å². The van der Waals surface area contributed by atoms with E-state index in [1.165, 1.54) is 11.3 Å². The summed E-state index contributed by atoms with van der Waals surface area (Å²) in [6.45, 7) is 4.27. The third-order valence-electron chi connectivity index (χ3n) is 3.90. The van der Waals surface area contributed by atoms with E-state index in [0.29, 0.717) is 6.54 Å². The number of hydrogen-bond donors (Lipinski definition) is 3. The van der Waals surface area contributed by atoms with Gasteiger partial charge in [0, 0.05) is 18.0 Å². The van der Waals surface area contributed by atoms with Crippen LogP contribution in [0.5, 0.6) is 0 Å². The molecule has 0 amide bonds. The summed E-state index contributed by atoms with van der Waals surface area (Å²) in [4.78, 5) is 5.95. The van der Waals surface area contributed by atoms with Crippen LogP contribution in [0.15, 0.2) is 22.5 Å². The first-order valence-corrected chi connectivity index (χ1v) is 8.87. The van der Waals surface area contributed by atoms with Crippen LogP contribution in [0.2, 0.25) is 0 Å². The molecule has 1 aliphatic rings. The molecule has 1 saturated carbocycles. The Kier molecular flexibility index (Phi) is 6.51. The molecule has 0 unspecified atom stereocenters. The predicted octanol–water partition coefficient (Wildman–Crippen LogP) is 2.54. The Morgan fingerprint density at radius 3 is 2.81 bits per heavy atom. The van der Waals surface area contributed by atoms with Gasteiger partial charge in [0.25, 0.3) is 0 Å². The van der Waals surface area contributed by atoms with Gasteiger partial charge in [0.05, 0.1) is 12.1 Å². The first-order chi connectivity index (χ1) is 10.2. The Balaban J connectivity index is 1.80. The van der Waals surface area contributed by atoms with E-state index in [1.807, 2.05) is 0 Å². The summed E-state index contributed by atoms with van der Waals surface area (Å²) >= 11 is 1.78. The Morgan fingerprint density at radius 2 is 2.14 bits per heavy atom. The second kappa shape index (κ2) is 8.39. The number of rotatable bonds is 6. The molecule has 0 atom stereocenters. The van der Waals surface area contributed by atoms with Crippen molar-refractivity contribution >= 4 is 17.3 Å². The average Bonchev–Trinajstić information content (AvgIpc) is 2.99. The molecule has 1 aromatic heterocycles. The maximum absolute atomic E-state index is 10.5. The third kappa shape index (κ3) is 5.67. The zero-order valence-corrected chi connectivity index (χ0v) is 13.7. The molecule has 1 heterocycles. The summed E-state index contributed by atoms with van der Waals surface area (Å²) in [6.07, 6.45) is 6.25. The highest BCUT2D eigenvalue weighted by Gasteiger charge is 2.28. The van der Waals surface area contributed by atoms with Gasteiger partial charge >= 0.3 is 0 Å². The fraction of sp³-hybridized carbons (Fsp3) is 0.688. The van der Waals surface area contributed by atoms with Crippen molar-refractivity contribution in [3.63, 3.8) is 0 Å². The van der Waals surface area contributed by atoms with Gasteiger partial charge in [-0.2, -0.15) is 0 Å². The van der Waals surface area contributed by atoms with Crippen molar-refractivity contribution in [1.82, 2.24) is 10.6 Å². The van der Waals surface area contributed by atoms with Gasteiger partial charge < -0.3 is 15.7 Å². The van der Waals surface area contributed by atoms with E-state index in [4.69, 9.17) is 0 Å². The molecule has 5 heteroatoms. The molecule has 3 N–H and O–H groups in total. The van der Waals surface area contributed by atoms with E-state index in [9.17, 15) is 5.11 Å². The van der Waals surface area contributed by atoms with Gasteiger partial charge in [-0.1, -0.05) is 25.3 Å². The highest BCUT2D eigenvalue weighted by atomic mass is 32.1. The number of thiophene rings is 1. The molecule has 0 saturated heterocycles. The fourth-order valence-electron chi connectivity index (χ4n) is 2.69. The quantitative estimate of drug-likeness (QED) is 0.559. The summed E-state index contributed by atoms with van der Waals surface area (Å²) < 4.78 is 0. The van der Waals surface area contributed by atoms with Gasteiger partial charge in [-0.05, 0) is 37.6 Å². The zero-order chi connectivity index (χ0) is 15.0. The average molecular weight is 309 g/mol. The zero-order valence-electron chi connectivity index (χ0n) is 12.9. The predicted molar refractivity (Wildman–Crippen MR) is 90.0 cm³/mol. The van der Waals surface area contributed by atoms with Crippen LogP contribution < -0.4 is 10.6 Å². The topological polar surface area (TPSA) is 56.7 Å². The van der Waals surface area contributed by atoms with E-state index >= 15 is 0 Å². The maximum atomic E-state index is 10.5. The van der Waals surface area contributed by atoms with Crippen molar-refractivity contribution in [3.8, 4) is 0 Å². The van der Waals surface area contributed by atoms with Crippen LogP contribution in [0.1, 0.15) is 43.9 Å². The largest absolute Gasteiger partial charge is 0.388 e. The number of nitrogens with zero attached hydrogens (tertiary/aromatic N) is 1.